The summed E-state index contributed by atoms with van der Waals surface area (Å²) in [6.07, 6.45) is 2.16. The molecule has 0 aliphatic heterocycles. The van der Waals surface area contributed by atoms with E-state index < -0.39 is 0 Å². The van der Waals surface area contributed by atoms with Crippen LogP contribution in [0.2, 0.25) is 0 Å². The number of benzene rings is 5. The fourth-order valence-electron chi connectivity index (χ4n) is 6.20. The summed E-state index contributed by atoms with van der Waals surface area (Å²) in [7, 11) is 2.10. The molecule has 3 nitrogen and oxygen atoms in total. The molecule has 0 bridgehead atoms. The lowest BCUT2D eigenvalue weighted by molar-refractivity contribution is -0.659. The Morgan fingerprint density at radius 3 is 2.05 bits per heavy atom. The van der Waals surface area contributed by atoms with Gasteiger partial charge in [-0.2, -0.15) is 4.57 Å². The van der Waals surface area contributed by atoms with Gasteiger partial charge in [0.1, 0.15) is 12.6 Å². The van der Waals surface area contributed by atoms with E-state index in [2.05, 4.69) is 138 Å². The molecule has 0 aliphatic carbocycles. The lowest BCUT2D eigenvalue weighted by Crippen LogP contribution is -2.30. The van der Waals surface area contributed by atoms with Gasteiger partial charge in [-0.25, -0.2) is 0 Å². The quantitative estimate of drug-likeness (QED) is 0.223. The second-order valence-electron chi connectivity index (χ2n) is 10.2. The van der Waals surface area contributed by atoms with Gasteiger partial charge >= 0.3 is 0 Å². The molecule has 180 valence electrons. The highest BCUT2D eigenvalue weighted by molar-refractivity contribution is 6.15. The van der Waals surface area contributed by atoms with E-state index in [1.807, 2.05) is 0 Å². The maximum Gasteiger partial charge on any atom is 0.256 e. The second-order valence-corrected chi connectivity index (χ2v) is 10.2. The van der Waals surface area contributed by atoms with Crippen LogP contribution < -0.4 is 4.57 Å². The van der Waals surface area contributed by atoms with E-state index in [1.165, 1.54) is 43.7 Å². The predicted molar refractivity (Wildman–Crippen MR) is 157 cm³/mol. The van der Waals surface area contributed by atoms with E-state index in [9.17, 15) is 0 Å². The fraction of sp³-hybridized carbons (Fsp3) is 0.0571. The van der Waals surface area contributed by atoms with Crippen LogP contribution in [0.15, 0.2) is 120 Å². The van der Waals surface area contributed by atoms with Gasteiger partial charge in [-0.15, -0.1) is 0 Å². The van der Waals surface area contributed by atoms with Crippen LogP contribution in [0.4, 0.5) is 0 Å². The van der Waals surface area contributed by atoms with Gasteiger partial charge in [0, 0.05) is 22.2 Å². The van der Waals surface area contributed by atoms with E-state index >= 15 is 0 Å². The Balaban J connectivity index is 1.49. The number of nitrogens with zero attached hydrogens (tertiary/aromatic N) is 2. The van der Waals surface area contributed by atoms with Crippen molar-refractivity contribution in [3.8, 4) is 16.9 Å². The fourth-order valence-corrected chi connectivity index (χ4v) is 6.20. The monoisotopic (exact) mass is 489 g/mol. The molecule has 0 fully saturated rings. The highest BCUT2D eigenvalue weighted by Crippen LogP contribution is 2.41. The number of para-hydroxylation sites is 2. The average Bonchev–Trinajstić information content (AvgIpc) is 3.49. The first-order valence-corrected chi connectivity index (χ1v) is 13.0. The molecule has 3 heterocycles. The summed E-state index contributed by atoms with van der Waals surface area (Å²) in [5, 5.41) is 7.25. The van der Waals surface area contributed by atoms with Crippen molar-refractivity contribution in [2.75, 3.05) is 0 Å². The molecule has 3 heteroatoms. The van der Waals surface area contributed by atoms with Crippen LogP contribution in [0.3, 0.4) is 0 Å². The van der Waals surface area contributed by atoms with Crippen molar-refractivity contribution in [3.05, 3.63) is 121 Å². The Morgan fingerprint density at radius 2 is 1.32 bits per heavy atom. The van der Waals surface area contributed by atoms with E-state index in [-0.39, 0.29) is 0 Å². The van der Waals surface area contributed by atoms with Crippen LogP contribution in [0.25, 0.3) is 71.5 Å². The Labute approximate surface area is 219 Å². The topological polar surface area (TPSA) is 21.9 Å². The molecule has 0 unspecified atom stereocenters. The molecule has 0 radical (unpaired) electrons. The van der Waals surface area contributed by atoms with E-state index in [4.69, 9.17) is 4.42 Å². The van der Waals surface area contributed by atoms with E-state index in [0.29, 0.717) is 0 Å². The number of aromatic nitrogens is 2. The third-order valence-electron chi connectivity index (χ3n) is 7.93. The van der Waals surface area contributed by atoms with Crippen molar-refractivity contribution in [1.82, 2.24) is 4.57 Å². The molecule has 0 atom stereocenters. The second kappa shape index (κ2) is 7.80. The summed E-state index contributed by atoms with van der Waals surface area (Å²) in [5.41, 5.74) is 8.85. The summed E-state index contributed by atoms with van der Waals surface area (Å²) in [6, 6.07) is 39.0. The van der Waals surface area contributed by atoms with Gasteiger partial charge in [0.25, 0.3) is 5.69 Å². The maximum atomic E-state index is 6.71. The van der Waals surface area contributed by atoms with Gasteiger partial charge in [-0.05, 0) is 53.6 Å². The summed E-state index contributed by atoms with van der Waals surface area (Å²) in [4.78, 5) is 0. The molecule has 8 rings (SSSR count). The minimum atomic E-state index is 0.894. The van der Waals surface area contributed by atoms with Crippen molar-refractivity contribution in [3.63, 3.8) is 0 Å². The van der Waals surface area contributed by atoms with Crippen LogP contribution in [0, 0.1) is 6.92 Å². The number of pyridine rings is 1. The third-order valence-corrected chi connectivity index (χ3v) is 7.93. The van der Waals surface area contributed by atoms with Crippen molar-refractivity contribution in [1.29, 1.82) is 0 Å². The SMILES string of the molecule is Cc1cc2ccccc2cc1-c1c2oc3cccc(-n4c5ccccc5c5ccccc54)c3c2cc[n+]1C. The van der Waals surface area contributed by atoms with Crippen LogP contribution in [-0.4, -0.2) is 4.57 Å². The third kappa shape index (κ3) is 2.87. The van der Waals surface area contributed by atoms with E-state index in [1.54, 1.807) is 0 Å². The zero-order chi connectivity index (χ0) is 25.4. The summed E-state index contributed by atoms with van der Waals surface area (Å²) >= 11 is 0. The van der Waals surface area contributed by atoms with Gasteiger partial charge in [0.15, 0.2) is 6.20 Å². The molecule has 5 aromatic carbocycles. The van der Waals surface area contributed by atoms with Crippen LogP contribution in [0.1, 0.15) is 5.56 Å². The standard InChI is InChI=1S/C35H25N2O/c1-22-20-23-10-3-4-11-24(23)21-28(22)34-35-27(18-19-36(34)2)33-31(16-9-17-32(33)38-35)37-29-14-7-5-12-25(29)26-13-6-8-15-30(26)37/h3-21H,1-2H3/q+1. The first kappa shape index (κ1) is 21.2. The van der Waals surface area contributed by atoms with Gasteiger partial charge in [-0.1, -0.05) is 72.8 Å². The molecule has 38 heavy (non-hydrogen) atoms. The number of hydrogen-bond donors (Lipinski definition) is 0. The Bertz CT molecular complexity index is 2160. The minimum absolute atomic E-state index is 0.894. The summed E-state index contributed by atoms with van der Waals surface area (Å²) in [5.74, 6) is 0. The number of hydrogen-bond acceptors (Lipinski definition) is 1. The molecule has 0 N–H and O–H groups in total. The highest BCUT2D eigenvalue weighted by Gasteiger charge is 2.25. The molecular weight excluding hydrogens is 464 g/mol. The zero-order valence-corrected chi connectivity index (χ0v) is 21.3. The number of furan rings is 1. The molecule has 3 aromatic heterocycles. The van der Waals surface area contributed by atoms with Crippen LogP contribution in [-0.2, 0) is 7.05 Å². The van der Waals surface area contributed by atoms with Crippen LogP contribution >= 0.6 is 0 Å². The average molecular weight is 490 g/mol. The Kier molecular flexibility index (Phi) is 4.36. The van der Waals surface area contributed by atoms with Crippen LogP contribution in [0.5, 0.6) is 0 Å². The lowest BCUT2D eigenvalue weighted by atomic mass is 9.98. The van der Waals surface area contributed by atoms with Crippen molar-refractivity contribution < 1.29 is 8.98 Å². The van der Waals surface area contributed by atoms with Gasteiger partial charge in [0.2, 0.25) is 5.58 Å². The molecule has 8 aromatic rings. The number of rotatable bonds is 2. The molecule has 0 saturated heterocycles. The van der Waals surface area contributed by atoms with Crippen molar-refractivity contribution in [2.45, 2.75) is 6.92 Å². The van der Waals surface area contributed by atoms with E-state index in [0.717, 1.165) is 33.3 Å². The molecular formula is C35H25N2O+. The van der Waals surface area contributed by atoms with Gasteiger partial charge in [0.05, 0.1) is 27.7 Å². The number of aryl methyl sites for hydroxylation is 2. The Morgan fingerprint density at radius 1 is 0.658 bits per heavy atom. The summed E-state index contributed by atoms with van der Waals surface area (Å²) in [6.45, 7) is 2.19. The van der Waals surface area contributed by atoms with Gasteiger partial charge in [-0.3, -0.25) is 0 Å². The van der Waals surface area contributed by atoms with Crippen molar-refractivity contribution in [2.24, 2.45) is 7.05 Å². The largest absolute Gasteiger partial charge is 0.449 e. The molecule has 0 spiro atoms. The predicted octanol–water partition coefficient (Wildman–Crippen LogP) is 8.64. The Hall–Kier alpha value is -4.89. The molecule has 0 aliphatic rings. The maximum absolute atomic E-state index is 6.71. The smallest absolute Gasteiger partial charge is 0.256 e. The first-order chi connectivity index (χ1) is 18.7. The van der Waals surface area contributed by atoms with Crippen molar-refractivity contribution >= 4 is 54.5 Å². The molecule has 0 saturated carbocycles. The van der Waals surface area contributed by atoms with Gasteiger partial charge < -0.3 is 8.98 Å². The zero-order valence-electron chi connectivity index (χ0n) is 21.3. The summed E-state index contributed by atoms with van der Waals surface area (Å²) < 4.78 is 11.3. The lowest BCUT2D eigenvalue weighted by Gasteiger charge is -2.09. The minimum Gasteiger partial charge on any atom is -0.449 e. The normalized spacial score (nSPS) is 11.9. The first-order valence-electron chi connectivity index (χ1n) is 13.0. The highest BCUT2D eigenvalue weighted by atomic mass is 16.3. The number of fused-ring (bicyclic) bond motifs is 7. The molecule has 0 amide bonds.